The molecule has 0 radical (unpaired) electrons. The summed E-state index contributed by atoms with van der Waals surface area (Å²) >= 11 is 0. The Morgan fingerprint density at radius 1 is 1.10 bits per heavy atom. The van der Waals surface area contributed by atoms with E-state index in [2.05, 4.69) is 47.5 Å². The number of carbonyl (C=O) groups is 1. The predicted molar refractivity (Wildman–Crippen MR) is 117 cm³/mol. The van der Waals surface area contributed by atoms with Crippen LogP contribution in [0, 0.1) is 6.92 Å². The Bertz CT molecular complexity index is 824. The lowest BCUT2D eigenvalue weighted by atomic mass is 10.2. The second-order valence-electron chi connectivity index (χ2n) is 7.74. The van der Waals surface area contributed by atoms with Crippen LogP contribution in [0.4, 0.5) is 11.6 Å². The number of nitrogens with zero attached hydrogens (tertiary/aromatic N) is 6. The minimum Gasteiger partial charge on any atom is -0.357 e. The third kappa shape index (κ3) is 4.83. The highest BCUT2D eigenvalue weighted by atomic mass is 16.2. The maximum Gasteiger partial charge on any atom is 0.255 e. The van der Waals surface area contributed by atoms with Crippen molar-refractivity contribution < 1.29 is 4.79 Å². The monoisotopic (exact) mass is 396 g/mol. The van der Waals surface area contributed by atoms with Crippen LogP contribution in [0.1, 0.15) is 55.5 Å². The molecule has 1 aliphatic heterocycles. The number of rotatable bonds is 6. The fraction of sp³-hybridized carbons (Fsp3) is 0.545. The van der Waals surface area contributed by atoms with Crippen molar-refractivity contribution in [2.45, 2.75) is 40.5 Å². The van der Waals surface area contributed by atoms with Gasteiger partial charge in [-0.1, -0.05) is 13.8 Å². The van der Waals surface area contributed by atoms with Gasteiger partial charge in [0.15, 0.2) is 0 Å². The molecule has 0 saturated carbocycles. The van der Waals surface area contributed by atoms with Crippen molar-refractivity contribution in [1.29, 1.82) is 0 Å². The molecule has 1 fully saturated rings. The summed E-state index contributed by atoms with van der Waals surface area (Å²) in [5.74, 6) is 3.08. The predicted octanol–water partition coefficient (Wildman–Crippen LogP) is 3.11. The van der Waals surface area contributed by atoms with Crippen LogP contribution in [0.2, 0.25) is 0 Å². The smallest absolute Gasteiger partial charge is 0.255 e. The lowest BCUT2D eigenvalue weighted by molar-refractivity contribution is 0.0746. The van der Waals surface area contributed by atoms with E-state index in [-0.39, 0.29) is 5.91 Å². The van der Waals surface area contributed by atoms with Crippen LogP contribution in [-0.2, 0) is 0 Å². The fourth-order valence-electron chi connectivity index (χ4n) is 3.56. The van der Waals surface area contributed by atoms with Crippen molar-refractivity contribution in [2.75, 3.05) is 49.1 Å². The first-order chi connectivity index (χ1) is 13.9. The average molecular weight is 397 g/mol. The molecule has 0 N–H and O–H groups in total. The Morgan fingerprint density at radius 3 is 2.34 bits per heavy atom. The number of piperazine rings is 1. The Morgan fingerprint density at radius 2 is 1.79 bits per heavy atom. The standard InChI is InChI=1S/C22H32N6O/c1-6-26(7-2)19-9-8-18(15-23-19)22(29)28-12-10-27(11-13-28)20-14-17(5)24-21(25-20)16(3)4/h8-9,14-16H,6-7,10-13H2,1-5H3. The first kappa shape index (κ1) is 21.0. The summed E-state index contributed by atoms with van der Waals surface area (Å²) in [7, 11) is 0. The number of hydrogen-bond donors (Lipinski definition) is 0. The number of carbonyl (C=O) groups excluding carboxylic acids is 1. The SMILES string of the molecule is CCN(CC)c1ccc(C(=O)N2CCN(c3cc(C)nc(C(C)C)n3)CC2)cn1. The van der Waals surface area contributed by atoms with Crippen LogP contribution in [0.15, 0.2) is 24.4 Å². The Hall–Kier alpha value is -2.70. The van der Waals surface area contributed by atoms with Gasteiger partial charge in [0.2, 0.25) is 0 Å². The Balaban J connectivity index is 1.64. The molecule has 1 saturated heterocycles. The molecule has 0 atom stereocenters. The molecule has 1 amide bonds. The first-order valence-electron chi connectivity index (χ1n) is 10.5. The van der Waals surface area contributed by atoms with Gasteiger partial charge in [-0.2, -0.15) is 0 Å². The number of aryl methyl sites for hydroxylation is 1. The van der Waals surface area contributed by atoms with Gasteiger partial charge in [-0.15, -0.1) is 0 Å². The molecule has 29 heavy (non-hydrogen) atoms. The van der Waals surface area contributed by atoms with Gasteiger partial charge in [0.05, 0.1) is 5.56 Å². The molecule has 0 spiro atoms. The molecule has 0 unspecified atom stereocenters. The van der Waals surface area contributed by atoms with Crippen molar-refractivity contribution in [3.8, 4) is 0 Å². The molecule has 0 bridgehead atoms. The summed E-state index contributed by atoms with van der Waals surface area (Å²) in [6, 6.07) is 5.85. The number of anilines is 2. The van der Waals surface area contributed by atoms with Crippen LogP contribution in [0.5, 0.6) is 0 Å². The lowest BCUT2D eigenvalue weighted by Gasteiger charge is -2.35. The maximum atomic E-state index is 12.9. The zero-order valence-corrected chi connectivity index (χ0v) is 18.2. The van der Waals surface area contributed by atoms with Crippen LogP contribution < -0.4 is 9.80 Å². The topological polar surface area (TPSA) is 65.5 Å². The normalized spacial score (nSPS) is 14.4. The van der Waals surface area contributed by atoms with Crippen molar-refractivity contribution in [2.24, 2.45) is 0 Å². The molecular weight excluding hydrogens is 364 g/mol. The van der Waals surface area contributed by atoms with Crippen LogP contribution in [0.25, 0.3) is 0 Å². The Labute approximate surface area is 173 Å². The molecule has 0 aromatic carbocycles. The summed E-state index contributed by atoms with van der Waals surface area (Å²) in [6.45, 7) is 15.1. The molecule has 2 aromatic rings. The first-order valence-corrected chi connectivity index (χ1v) is 10.5. The number of amides is 1. The highest BCUT2D eigenvalue weighted by Gasteiger charge is 2.24. The largest absolute Gasteiger partial charge is 0.357 e. The number of aromatic nitrogens is 3. The third-order valence-corrected chi connectivity index (χ3v) is 5.35. The van der Waals surface area contributed by atoms with E-state index in [9.17, 15) is 4.79 Å². The highest BCUT2D eigenvalue weighted by molar-refractivity contribution is 5.94. The van der Waals surface area contributed by atoms with Gasteiger partial charge in [0.1, 0.15) is 17.5 Å². The number of hydrogen-bond acceptors (Lipinski definition) is 6. The second kappa shape index (κ2) is 9.20. The molecule has 2 aromatic heterocycles. The van der Waals surface area contributed by atoms with Gasteiger partial charge in [0, 0.05) is 63.1 Å². The quantitative estimate of drug-likeness (QED) is 0.747. The molecule has 7 nitrogen and oxygen atoms in total. The molecule has 0 aliphatic carbocycles. The molecule has 3 rings (SSSR count). The maximum absolute atomic E-state index is 12.9. The summed E-state index contributed by atoms with van der Waals surface area (Å²) in [6.07, 6.45) is 1.70. The zero-order chi connectivity index (χ0) is 21.0. The highest BCUT2D eigenvalue weighted by Crippen LogP contribution is 2.20. The van der Waals surface area contributed by atoms with E-state index < -0.39 is 0 Å². The van der Waals surface area contributed by atoms with Crippen molar-refractivity contribution >= 4 is 17.5 Å². The Kier molecular flexibility index (Phi) is 6.67. The van der Waals surface area contributed by atoms with Gasteiger partial charge >= 0.3 is 0 Å². The molecule has 3 heterocycles. The average Bonchev–Trinajstić information content (AvgIpc) is 2.74. The van der Waals surface area contributed by atoms with E-state index in [0.717, 1.165) is 49.3 Å². The van der Waals surface area contributed by atoms with E-state index >= 15 is 0 Å². The molecule has 1 aliphatic rings. The van der Waals surface area contributed by atoms with Crippen molar-refractivity contribution in [3.05, 3.63) is 41.5 Å². The van der Waals surface area contributed by atoms with E-state index in [1.165, 1.54) is 0 Å². The summed E-state index contributed by atoms with van der Waals surface area (Å²) in [5, 5.41) is 0. The van der Waals surface area contributed by atoms with Gasteiger partial charge in [0.25, 0.3) is 5.91 Å². The second-order valence-corrected chi connectivity index (χ2v) is 7.74. The van der Waals surface area contributed by atoms with Gasteiger partial charge in [-0.25, -0.2) is 15.0 Å². The van der Waals surface area contributed by atoms with E-state index in [0.29, 0.717) is 24.6 Å². The van der Waals surface area contributed by atoms with Crippen LogP contribution in [-0.4, -0.2) is 65.0 Å². The molecule has 156 valence electrons. The zero-order valence-electron chi connectivity index (χ0n) is 18.2. The third-order valence-electron chi connectivity index (χ3n) is 5.35. The summed E-state index contributed by atoms with van der Waals surface area (Å²) < 4.78 is 0. The minimum atomic E-state index is 0.0463. The fourth-order valence-corrected chi connectivity index (χ4v) is 3.56. The molecule has 7 heteroatoms. The van der Waals surface area contributed by atoms with E-state index in [4.69, 9.17) is 4.98 Å². The van der Waals surface area contributed by atoms with E-state index in [1.807, 2.05) is 30.0 Å². The molecular formula is C22H32N6O. The van der Waals surface area contributed by atoms with Gasteiger partial charge in [-0.3, -0.25) is 4.79 Å². The number of pyridine rings is 1. The van der Waals surface area contributed by atoms with E-state index in [1.54, 1.807) is 6.20 Å². The van der Waals surface area contributed by atoms with Crippen LogP contribution in [0.3, 0.4) is 0 Å². The van der Waals surface area contributed by atoms with Crippen molar-refractivity contribution in [3.63, 3.8) is 0 Å². The van der Waals surface area contributed by atoms with Crippen molar-refractivity contribution in [1.82, 2.24) is 19.9 Å². The summed E-state index contributed by atoms with van der Waals surface area (Å²) in [5.41, 5.74) is 1.63. The van der Waals surface area contributed by atoms with Crippen LogP contribution >= 0.6 is 0 Å². The minimum absolute atomic E-state index is 0.0463. The summed E-state index contributed by atoms with van der Waals surface area (Å²) in [4.78, 5) is 32.9. The van der Waals surface area contributed by atoms with Gasteiger partial charge in [-0.05, 0) is 32.9 Å². The lowest BCUT2D eigenvalue weighted by Crippen LogP contribution is -2.49. The van der Waals surface area contributed by atoms with Gasteiger partial charge < -0.3 is 14.7 Å².